The second-order valence-electron chi connectivity index (χ2n) is 8.87. The molecule has 152 valence electrons. The highest BCUT2D eigenvalue weighted by atomic mass is 79.9. The molecule has 0 saturated carbocycles. The predicted molar refractivity (Wildman–Crippen MR) is 109 cm³/mol. The van der Waals surface area contributed by atoms with Crippen LogP contribution in [0.5, 0.6) is 0 Å². The van der Waals surface area contributed by atoms with Gasteiger partial charge in [0.15, 0.2) is 0 Å². The van der Waals surface area contributed by atoms with E-state index >= 15 is 0 Å². The molecule has 1 unspecified atom stereocenters. The number of benzene rings is 1. The van der Waals surface area contributed by atoms with E-state index in [0.29, 0.717) is 17.4 Å². The van der Waals surface area contributed by atoms with Crippen LogP contribution in [0.4, 0.5) is 13.2 Å². The minimum atomic E-state index is -2.79. The zero-order chi connectivity index (χ0) is 20.7. The fourth-order valence-corrected chi connectivity index (χ4v) is 3.89. The Hall–Kier alpha value is -0.700. The zero-order valence-electron chi connectivity index (χ0n) is 16.4. The highest BCUT2D eigenvalue weighted by Crippen LogP contribution is 2.35. The quantitative estimate of drug-likeness (QED) is 0.553. The summed E-state index contributed by atoms with van der Waals surface area (Å²) < 4.78 is 58.3. The van der Waals surface area contributed by atoms with Crippen LogP contribution in [-0.2, 0) is 17.9 Å². The van der Waals surface area contributed by atoms with Gasteiger partial charge in [-0.25, -0.2) is 13.2 Å². The summed E-state index contributed by atoms with van der Waals surface area (Å²) in [6, 6.07) is 1.39. The SMILES string of the molecule is CC(C)(C)Cn1cc(C(N[S@@+]([O-])C(C)(C)C)C(F)F)c2cc(F)c(Br)cc21. The summed E-state index contributed by atoms with van der Waals surface area (Å²) in [5.41, 5.74) is 0.793. The van der Waals surface area contributed by atoms with Gasteiger partial charge in [0, 0.05) is 40.6 Å². The number of rotatable bonds is 5. The van der Waals surface area contributed by atoms with Gasteiger partial charge in [-0.1, -0.05) is 20.8 Å². The Labute approximate surface area is 170 Å². The molecular formula is C19H26BrF3N2OS. The van der Waals surface area contributed by atoms with Gasteiger partial charge >= 0.3 is 0 Å². The van der Waals surface area contributed by atoms with Crippen LogP contribution in [0.15, 0.2) is 22.8 Å². The molecule has 1 N–H and O–H groups in total. The van der Waals surface area contributed by atoms with Crippen LogP contribution in [-0.4, -0.2) is 20.3 Å². The minimum Gasteiger partial charge on any atom is -0.598 e. The van der Waals surface area contributed by atoms with Crippen molar-refractivity contribution in [3.8, 4) is 0 Å². The van der Waals surface area contributed by atoms with E-state index in [0.717, 1.165) is 0 Å². The van der Waals surface area contributed by atoms with E-state index in [4.69, 9.17) is 0 Å². The molecule has 2 aromatic rings. The van der Waals surface area contributed by atoms with Crippen molar-refractivity contribution in [1.29, 1.82) is 0 Å². The van der Waals surface area contributed by atoms with Crippen molar-refractivity contribution in [3.63, 3.8) is 0 Å². The molecule has 0 aliphatic carbocycles. The van der Waals surface area contributed by atoms with Crippen molar-refractivity contribution in [3.05, 3.63) is 34.2 Å². The smallest absolute Gasteiger partial charge is 0.262 e. The Bertz CT molecular complexity index is 812. The summed E-state index contributed by atoms with van der Waals surface area (Å²) in [5, 5.41) is 0.392. The predicted octanol–water partition coefficient (Wildman–Crippen LogP) is 5.95. The van der Waals surface area contributed by atoms with E-state index < -0.39 is 34.4 Å². The van der Waals surface area contributed by atoms with Crippen LogP contribution in [0, 0.1) is 11.2 Å². The van der Waals surface area contributed by atoms with Crippen molar-refractivity contribution in [1.82, 2.24) is 9.29 Å². The molecule has 27 heavy (non-hydrogen) atoms. The highest BCUT2D eigenvalue weighted by molar-refractivity contribution is 9.10. The van der Waals surface area contributed by atoms with Crippen LogP contribution < -0.4 is 4.72 Å². The minimum absolute atomic E-state index is 0.105. The molecule has 0 bridgehead atoms. The van der Waals surface area contributed by atoms with Gasteiger partial charge in [-0.05, 0) is 54.2 Å². The van der Waals surface area contributed by atoms with Gasteiger partial charge < -0.3 is 9.12 Å². The topological polar surface area (TPSA) is 40.0 Å². The molecule has 0 saturated heterocycles. The first kappa shape index (κ1) is 22.6. The molecule has 1 aromatic carbocycles. The number of halogens is 4. The first-order valence-electron chi connectivity index (χ1n) is 8.64. The van der Waals surface area contributed by atoms with E-state index in [1.165, 1.54) is 6.07 Å². The Morgan fingerprint density at radius 3 is 2.26 bits per heavy atom. The third kappa shape index (κ3) is 5.43. The molecular weight excluding hydrogens is 441 g/mol. The van der Waals surface area contributed by atoms with Gasteiger partial charge in [0.2, 0.25) is 0 Å². The largest absolute Gasteiger partial charge is 0.598 e. The first-order valence-corrected chi connectivity index (χ1v) is 10.6. The lowest BCUT2D eigenvalue weighted by Crippen LogP contribution is -2.43. The lowest BCUT2D eigenvalue weighted by molar-refractivity contribution is 0.109. The van der Waals surface area contributed by atoms with Gasteiger partial charge in [-0.3, -0.25) is 0 Å². The molecule has 8 heteroatoms. The molecule has 0 aliphatic heterocycles. The number of alkyl halides is 2. The summed E-state index contributed by atoms with van der Waals surface area (Å²) >= 11 is 1.48. The third-order valence-electron chi connectivity index (χ3n) is 3.98. The zero-order valence-corrected chi connectivity index (χ0v) is 18.8. The number of hydrogen-bond acceptors (Lipinski definition) is 2. The number of nitrogens with zero attached hydrogens (tertiary/aromatic N) is 1. The van der Waals surface area contributed by atoms with E-state index in [9.17, 15) is 17.7 Å². The van der Waals surface area contributed by atoms with Crippen molar-refractivity contribution in [2.75, 3.05) is 0 Å². The summed E-state index contributed by atoms with van der Waals surface area (Å²) in [4.78, 5) is 0. The molecule has 0 radical (unpaired) electrons. The number of nitrogens with one attached hydrogen (secondary N) is 1. The average Bonchev–Trinajstić information content (AvgIpc) is 2.79. The normalized spacial score (nSPS) is 15.6. The standard InChI is InChI=1S/C19H26BrF3N2OS/c1-18(2,3)10-25-9-12(11-7-14(21)13(20)8-15(11)25)16(17(22)23)24-27(26)19(4,5)6/h7-9,16-17,24H,10H2,1-6H3/t16?,27-/m0/s1. The molecule has 1 aromatic heterocycles. The maximum Gasteiger partial charge on any atom is 0.262 e. The van der Waals surface area contributed by atoms with Crippen molar-refractivity contribution < 1.29 is 17.7 Å². The van der Waals surface area contributed by atoms with Crippen LogP contribution in [0.25, 0.3) is 10.9 Å². The average molecular weight is 467 g/mol. The summed E-state index contributed by atoms with van der Waals surface area (Å²) in [6.07, 6.45) is -1.18. The highest BCUT2D eigenvalue weighted by Gasteiger charge is 2.36. The maximum absolute atomic E-state index is 14.2. The van der Waals surface area contributed by atoms with E-state index in [2.05, 4.69) is 20.7 Å². The van der Waals surface area contributed by atoms with Crippen LogP contribution in [0.1, 0.15) is 53.1 Å². The summed E-state index contributed by atoms with van der Waals surface area (Å²) in [5.74, 6) is -0.526. The van der Waals surface area contributed by atoms with Crippen LogP contribution >= 0.6 is 15.9 Å². The lowest BCUT2D eigenvalue weighted by atomic mass is 9.97. The number of hydrogen-bond donors (Lipinski definition) is 1. The summed E-state index contributed by atoms with van der Waals surface area (Å²) in [6.45, 7) is 11.8. The van der Waals surface area contributed by atoms with Gasteiger partial charge in [-0.15, -0.1) is 4.72 Å². The monoisotopic (exact) mass is 466 g/mol. The Kier molecular flexibility index (Phi) is 6.67. The lowest BCUT2D eigenvalue weighted by Gasteiger charge is -2.27. The second-order valence-corrected chi connectivity index (χ2v) is 11.7. The van der Waals surface area contributed by atoms with Crippen molar-refractivity contribution in [2.24, 2.45) is 5.41 Å². The second kappa shape index (κ2) is 7.97. The third-order valence-corrected chi connectivity index (χ3v) is 6.16. The fourth-order valence-electron chi connectivity index (χ4n) is 2.74. The number of aromatic nitrogens is 1. The molecule has 0 fully saturated rings. The fraction of sp³-hybridized carbons (Fsp3) is 0.579. The van der Waals surface area contributed by atoms with Crippen LogP contribution in [0.3, 0.4) is 0 Å². The Morgan fingerprint density at radius 2 is 1.78 bits per heavy atom. The van der Waals surface area contributed by atoms with Gasteiger partial charge in [-0.2, -0.15) is 0 Å². The molecule has 2 atom stereocenters. The first-order chi connectivity index (χ1) is 12.2. The van der Waals surface area contributed by atoms with E-state index in [1.54, 1.807) is 33.0 Å². The molecule has 0 amide bonds. The Balaban J connectivity index is 2.62. The molecule has 2 rings (SSSR count). The van der Waals surface area contributed by atoms with Gasteiger partial charge in [0.25, 0.3) is 6.43 Å². The summed E-state index contributed by atoms with van der Waals surface area (Å²) in [7, 11) is 0. The maximum atomic E-state index is 14.2. The molecule has 0 spiro atoms. The molecule has 0 aliphatic rings. The van der Waals surface area contributed by atoms with Crippen LogP contribution in [0.2, 0.25) is 0 Å². The number of fused-ring (bicyclic) bond motifs is 1. The van der Waals surface area contributed by atoms with Gasteiger partial charge in [0.05, 0.1) is 4.47 Å². The van der Waals surface area contributed by atoms with Crippen molar-refractivity contribution >= 4 is 38.2 Å². The molecule has 1 heterocycles. The molecule has 3 nitrogen and oxygen atoms in total. The Morgan fingerprint density at radius 1 is 1.19 bits per heavy atom. The van der Waals surface area contributed by atoms with E-state index in [1.807, 2.05) is 25.3 Å². The van der Waals surface area contributed by atoms with E-state index in [-0.39, 0.29) is 15.5 Å². The van der Waals surface area contributed by atoms with Gasteiger partial charge in [0.1, 0.15) is 16.6 Å². The van der Waals surface area contributed by atoms with Crippen molar-refractivity contribution in [2.45, 2.75) is 65.3 Å².